The number of rotatable bonds is 6. The quantitative estimate of drug-likeness (QED) is 0.601. The Kier molecular flexibility index (Phi) is 6.15. The van der Waals surface area contributed by atoms with E-state index in [2.05, 4.69) is 9.47 Å². The van der Waals surface area contributed by atoms with Gasteiger partial charge in [-0.15, -0.1) is 0 Å². The fraction of sp³-hybridized carbons (Fsp3) is 0.375. The summed E-state index contributed by atoms with van der Waals surface area (Å²) >= 11 is 0. The minimum atomic E-state index is -4.37. The van der Waals surface area contributed by atoms with Crippen molar-refractivity contribution >= 4 is 16.8 Å². The van der Waals surface area contributed by atoms with Gasteiger partial charge in [-0.1, -0.05) is 6.07 Å². The monoisotopic (exact) mass is 445 g/mol. The maximum Gasteiger partial charge on any atom is 0.416 e. The molecule has 1 aromatic heterocycles. The molecule has 1 saturated heterocycles. The van der Waals surface area contributed by atoms with Crippen molar-refractivity contribution in [1.29, 1.82) is 0 Å². The molecule has 4 rings (SSSR count). The highest BCUT2D eigenvalue weighted by Crippen LogP contribution is 2.33. The number of aromatic nitrogens is 1. The van der Waals surface area contributed by atoms with Gasteiger partial charge in [-0.3, -0.25) is 4.79 Å². The summed E-state index contributed by atoms with van der Waals surface area (Å²) in [6.45, 7) is 2.37. The maximum atomic E-state index is 13.1. The SMILES string of the molecule is COc1ccc(C(F)(F)F)cc1CCN1CCC(n2ccc3ccc(C(N)=O)cc32)CC1. The van der Waals surface area contributed by atoms with E-state index in [-0.39, 0.29) is 0 Å². The third kappa shape index (κ3) is 4.60. The number of nitrogens with zero attached hydrogens (tertiary/aromatic N) is 2. The molecule has 0 aliphatic carbocycles. The predicted molar refractivity (Wildman–Crippen MR) is 117 cm³/mol. The van der Waals surface area contributed by atoms with Crippen molar-refractivity contribution in [3.63, 3.8) is 0 Å². The second-order valence-electron chi connectivity index (χ2n) is 8.21. The Labute approximate surface area is 184 Å². The van der Waals surface area contributed by atoms with Gasteiger partial charge in [-0.25, -0.2) is 0 Å². The lowest BCUT2D eigenvalue weighted by Crippen LogP contribution is -2.35. The van der Waals surface area contributed by atoms with Crippen LogP contribution in [0.15, 0.2) is 48.7 Å². The lowest BCUT2D eigenvalue weighted by atomic mass is 10.0. The summed E-state index contributed by atoms with van der Waals surface area (Å²) < 4.78 is 46.7. The van der Waals surface area contributed by atoms with Crippen LogP contribution in [0, 0.1) is 0 Å². The third-order valence-electron chi connectivity index (χ3n) is 6.26. The van der Waals surface area contributed by atoms with Gasteiger partial charge in [0, 0.05) is 43.0 Å². The highest BCUT2D eigenvalue weighted by atomic mass is 19.4. The van der Waals surface area contributed by atoms with Crippen molar-refractivity contribution in [1.82, 2.24) is 9.47 Å². The van der Waals surface area contributed by atoms with Crippen molar-refractivity contribution in [3.8, 4) is 5.75 Å². The number of alkyl halides is 3. The number of fused-ring (bicyclic) bond motifs is 1. The van der Waals surface area contributed by atoms with Crippen LogP contribution in [0.4, 0.5) is 13.2 Å². The average Bonchev–Trinajstić information content (AvgIpc) is 3.20. The van der Waals surface area contributed by atoms with Gasteiger partial charge in [0.15, 0.2) is 0 Å². The molecular weight excluding hydrogens is 419 g/mol. The summed E-state index contributed by atoms with van der Waals surface area (Å²) in [5.41, 5.74) is 6.83. The smallest absolute Gasteiger partial charge is 0.416 e. The van der Waals surface area contributed by atoms with Gasteiger partial charge in [0.25, 0.3) is 0 Å². The number of hydrogen-bond acceptors (Lipinski definition) is 3. The molecule has 2 N–H and O–H groups in total. The van der Waals surface area contributed by atoms with Crippen LogP contribution in [0.5, 0.6) is 5.75 Å². The first-order valence-electron chi connectivity index (χ1n) is 10.6. The molecule has 0 unspecified atom stereocenters. The van der Waals surface area contributed by atoms with Crippen LogP contribution in [0.1, 0.15) is 40.4 Å². The Hall–Kier alpha value is -3.00. The highest BCUT2D eigenvalue weighted by Gasteiger charge is 2.31. The van der Waals surface area contributed by atoms with Gasteiger partial charge < -0.3 is 19.9 Å². The number of likely N-dealkylation sites (tertiary alicyclic amines) is 1. The second-order valence-corrected chi connectivity index (χ2v) is 8.21. The summed E-state index contributed by atoms with van der Waals surface area (Å²) in [7, 11) is 1.47. The van der Waals surface area contributed by atoms with E-state index in [4.69, 9.17) is 10.5 Å². The van der Waals surface area contributed by atoms with E-state index in [9.17, 15) is 18.0 Å². The predicted octanol–water partition coefficient (Wildman–Crippen LogP) is 4.65. The van der Waals surface area contributed by atoms with Crippen LogP contribution in [0.2, 0.25) is 0 Å². The molecule has 2 heterocycles. The molecule has 32 heavy (non-hydrogen) atoms. The average molecular weight is 445 g/mol. The van der Waals surface area contributed by atoms with Crippen LogP contribution in [-0.4, -0.2) is 42.1 Å². The summed E-state index contributed by atoms with van der Waals surface area (Å²) in [6, 6.07) is 11.4. The van der Waals surface area contributed by atoms with Gasteiger partial charge in [-0.2, -0.15) is 13.2 Å². The lowest BCUT2D eigenvalue weighted by Gasteiger charge is -2.33. The number of primary amides is 1. The number of carbonyl (C=O) groups excluding carboxylic acids is 1. The van der Waals surface area contributed by atoms with E-state index < -0.39 is 17.6 Å². The van der Waals surface area contributed by atoms with E-state index in [1.54, 1.807) is 6.07 Å². The molecule has 0 saturated carbocycles. The number of ether oxygens (including phenoxy) is 1. The Bertz CT molecular complexity index is 1120. The fourth-order valence-corrected chi connectivity index (χ4v) is 4.47. The Balaban J connectivity index is 1.40. The molecule has 0 atom stereocenters. The summed E-state index contributed by atoms with van der Waals surface area (Å²) in [5.74, 6) is 0.0384. The molecule has 0 radical (unpaired) electrons. The van der Waals surface area contributed by atoms with Gasteiger partial charge in [0.1, 0.15) is 5.75 Å². The molecule has 1 aliphatic rings. The molecule has 170 valence electrons. The van der Waals surface area contributed by atoms with Crippen LogP contribution in [0.25, 0.3) is 10.9 Å². The van der Waals surface area contributed by atoms with Crippen LogP contribution in [0.3, 0.4) is 0 Å². The van der Waals surface area contributed by atoms with E-state index in [0.717, 1.165) is 42.9 Å². The third-order valence-corrected chi connectivity index (χ3v) is 6.26. The number of methoxy groups -OCH3 is 1. The summed E-state index contributed by atoms with van der Waals surface area (Å²) in [6.07, 6.45) is 0.0113. The van der Waals surface area contributed by atoms with Crippen LogP contribution in [-0.2, 0) is 12.6 Å². The van der Waals surface area contributed by atoms with Crippen molar-refractivity contribution in [2.24, 2.45) is 5.73 Å². The van der Waals surface area contributed by atoms with Crippen molar-refractivity contribution in [2.45, 2.75) is 31.5 Å². The van der Waals surface area contributed by atoms with E-state index in [1.165, 1.54) is 19.2 Å². The van der Waals surface area contributed by atoms with Gasteiger partial charge in [0.05, 0.1) is 12.7 Å². The first kappa shape index (κ1) is 22.2. The maximum absolute atomic E-state index is 13.1. The zero-order valence-corrected chi connectivity index (χ0v) is 17.9. The lowest BCUT2D eigenvalue weighted by molar-refractivity contribution is -0.137. The molecule has 1 fully saturated rings. The standard InChI is InChI=1S/C24H26F3N3O2/c1-32-22-5-4-19(24(25,26)27)14-17(22)6-10-29-11-8-20(9-12-29)30-13-7-16-2-3-18(23(28)31)15-21(16)30/h2-5,7,13-15,20H,6,8-12H2,1H3,(H2,28,31). The highest BCUT2D eigenvalue weighted by molar-refractivity contribution is 5.97. The zero-order valence-electron chi connectivity index (χ0n) is 17.9. The fourth-order valence-electron chi connectivity index (χ4n) is 4.47. The molecule has 1 aliphatic heterocycles. The molecule has 0 bridgehead atoms. The first-order chi connectivity index (χ1) is 15.3. The van der Waals surface area contributed by atoms with E-state index in [1.807, 2.05) is 24.4 Å². The number of nitrogens with two attached hydrogens (primary N) is 1. The van der Waals surface area contributed by atoms with Gasteiger partial charge >= 0.3 is 6.18 Å². The van der Waals surface area contributed by atoms with E-state index >= 15 is 0 Å². The minimum Gasteiger partial charge on any atom is -0.496 e. The molecule has 2 aromatic carbocycles. The molecule has 5 nitrogen and oxygen atoms in total. The normalized spacial score (nSPS) is 15.9. The van der Waals surface area contributed by atoms with Gasteiger partial charge in [-0.05, 0) is 66.6 Å². The number of halogens is 3. The van der Waals surface area contributed by atoms with Crippen LogP contribution < -0.4 is 10.5 Å². The second kappa shape index (κ2) is 8.86. The van der Waals surface area contributed by atoms with Gasteiger partial charge in [0.2, 0.25) is 5.91 Å². The zero-order chi connectivity index (χ0) is 22.9. The number of amides is 1. The number of piperidine rings is 1. The number of carbonyl (C=O) groups is 1. The van der Waals surface area contributed by atoms with Crippen molar-refractivity contribution < 1.29 is 22.7 Å². The topological polar surface area (TPSA) is 60.5 Å². The Morgan fingerprint density at radius 3 is 2.53 bits per heavy atom. The first-order valence-corrected chi connectivity index (χ1v) is 10.6. The molecular formula is C24H26F3N3O2. The molecule has 3 aromatic rings. The van der Waals surface area contributed by atoms with Crippen molar-refractivity contribution in [3.05, 3.63) is 65.4 Å². The largest absolute Gasteiger partial charge is 0.496 e. The summed E-state index contributed by atoms with van der Waals surface area (Å²) in [4.78, 5) is 13.8. The Morgan fingerprint density at radius 1 is 1.12 bits per heavy atom. The van der Waals surface area contributed by atoms with E-state index in [0.29, 0.717) is 35.9 Å². The number of benzene rings is 2. The molecule has 1 amide bonds. The minimum absolute atomic E-state index is 0.301. The molecule has 8 heteroatoms. The van der Waals surface area contributed by atoms with Crippen molar-refractivity contribution in [2.75, 3.05) is 26.7 Å². The Morgan fingerprint density at radius 2 is 1.88 bits per heavy atom. The molecule has 0 spiro atoms. The number of hydrogen-bond donors (Lipinski definition) is 1. The van der Waals surface area contributed by atoms with Crippen LogP contribution >= 0.6 is 0 Å². The summed E-state index contributed by atoms with van der Waals surface area (Å²) in [5, 5.41) is 1.06.